The Bertz CT molecular complexity index is 817. The maximum Gasteiger partial charge on any atom is 0.168 e. The molecule has 3 rings (SSSR count). The Kier molecular flexibility index (Phi) is 3.12. The number of fused-ring (bicyclic) bond motifs is 2. The molecule has 0 fully saturated rings. The lowest BCUT2D eigenvalue weighted by molar-refractivity contribution is 0.417. The molecule has 0 saturated carbocycles. The number of hydrogen-bond donors (Lipinski definition) is 2. The van der Waals surface area contributed by atoms with Gasteiger partial charge in [-0.25, -0.2) is 4.98 Å². The molecule has 0 aliphatic carbocycles. The van der Waals surface area contributed by atoms with Crippen LogP contribution in [0.25, 0.3) is 21.8 Å². The predicted molar refractivity (Wildman–Crippen MR) is 86.2 cm³/mol. The first-order valence-corrected chi connectivity index (χ1v) is 6.53. The molecular formula is C15H13N3OS. The standard InChI is InChI=1S/C15H13N3OS/c1-19-13-7-6-12-10(14(13)18-15(16)20)8-9-4-2-3-5-11(9)17-12/h2-8H,1H3,(H3,16,18,20). The molecule has 100 valence electrons. The second kappa shape index (κ2) is 4.94. The monoisotopic (exact) mass is 283 g/mol. The van der Waals surface area contributed by atoms with Crippen LogP contribution in [0.3, 0.4) is 0 Å². The quantitative estimate of drug-likeness (QED) is 0.559. The van der Waals surface area contributed by atoms with Crippen LogP contribution in [0, 0.1) is 0 Å². The number of anilines is 1. The number of methoxy groups -OCH3 is 1. The molecule has 5 heteroatoms. The number of pyridine rings is 1. The topological polar surface area (TPSA) is 60.2 Å². The van der Waals surface area contributed by atoms with Crippen molar-refractivity contribution in [2.75, 3.05) is 12.4 Å². The third-order valence-corrected chi connectivity index (χ3v) is 3.23. The Morgan fingerprint density at radius 1 is 1.20 bits per heavy atom. The Balaban J connectivity index is 2.36. The highest BCUT2D eigenvalue weighted by Gasteiger charge is 2.10. The van der Waals surface area contributed by atoms with Gasteiger partial charge in [-0.2, -0.15) is 0 Å². The maximum atomic E-state index is 5.60. The fourth-order valence-electron chi connectivity index (χ4n) is 2.25. The van der Waals surface area contributed by atoms with Gasteiger partial charge in [0, 0.05) is 10.8 Å². The largest absolute Gasteiger partial charge is 0.495 e. The van der Waals surface area contributed by atoms with Crippen LogP contribution in [0.4, 0.5) is 5.69 Å². The molecule has 4 nitrogen and oxygen atoms in total. The number of thiocarbonyl (C=S) groups is 1. The summed E-state index contributed by atoms with van der Waals surface area (Å²) in [4.78, 5) is 4.64. The first-order valence-electron chi connectivity index (χ1n) is 6.12. The average Bonchev–Trinajstić information content (AvgIpc) is 2.45. The van der Waals surface area contributed by atoms with E-state index in [1.165, 1.54) is 0 Å². The van der Waals surface area contributed by atoms with E-state index in [9.17, 15) is 0 Å². The van der Waals surface area contributed by atoms with Crippen LogP contribution >= 0.6 is 12.2 Å². The molecular weight excluding hydrogens is 270 g/mol. The number of nitrogens with zero attached hydrogens (tertiary/aromatic N) is 1. The van der Waals surface area contributed by atoms with Crippen LogP contribution in [-0.2, 0) is 0 Å². The fraction of sp³-hybridized carbons (Fsp3) is 0.0667. The Morgan fingerprint density at radius 2 is 2.00 bits per heavy atom. The van der Waals surface area contributed by atoms with Crippen molar-refractivity contribution in [3.63, 3.8) is 0 Å². The zero-order valence-corrected chi connectivity index (χ0v) is 11.7. The van der Waals surface area contributed by atoms with Crippen molar-refractivity contribution in [3.8, 4) is 5.75 Å². The van der Waals surface area contributed by atoms with E-state index >= 15 is 0 Å². The minimum absolute atomic E-state index is 0.198. The summed E-state index contributed by atoms with van der Waals surface area (Å²) in [5.41, 5.74) is 8.16. The maximum absolute atomic E-state index is 5.60. The van der Waals surface area contributed by atoms with E-state index in [1.54, 1.807) is 7.11 Å². The van der Waals surface area contributed by atoms with Gasteiger partial charge >= 0.3 is 0 Å². The smallest absolute Gasteiger partial charge is 0.168 e. The lowest BCUT2D eigenvalue weighted by atomic mass is 10.1. The Morgan fingerprint density at radius 3 is 2.75 bits per heavy atom. The predicted octanol–water partition coefficient (Wildman–Crippen LogP) is 3.05. The molecule has 0 spiro atoms. The molecule has 0 aliphatic heterocycles. The van der Waals surface area contributed by atoms with E-state index in [1.807, 2.05) is 36.4 Å². The third-order valence-electron chi connectivity index (χ3n) is 3.13. The number of para-hydroxylation sites is 1. The number of aromatic nitrogens is 1. The lowest BCUT2D eigenvalue weighted by Crippen LogP contribution is -2.19. The summed E-state index contributed by atoms with van der Waals surface area (Å²) in [5.74, 6) is 0.683. The number of ether oxygens (including phenoxy) is 1. The number of nitrogens with one attached hydrogen (secondary N) is 1. The summed E-state index contributed by atoms with van der Waals surface area (Å²) in [6, 6.07) is 13.8. The van der Waals surface area contributed by atoms with Crippen LogP contribution < -0.4 is 15.8 Å². The SMILES string of the molecule is COc1ccc2nc3ccccc3cc2c1NC(N)=S. The van der Waals surface area contributed by atoms with Gasteiger partial charge < -0.3 is 15.8 Å². The minimum Gasteiger partial charge on any atom is -0.495 e. The molecule has 0 aliphatic rings. The van der Waals surface area contributed by atoms with Gasteiger partial charge in [0.1, 0.15) is 5.75 Å². The van der Waals surface area contributed by atoms with E-state index in [2.05, 4.69) is 16.4 Å². The van der Waals surface area contributed by atoms with Crippen molar-refractivity contribution >= 4 is 44.8 Å². The third kappa shape index (κ3) is 2.12. The van der Waals surface area contributed by atoms with Gasteiger partial charge in [-0.05, 0) is 36.5 Å². The van der Waals surface area contributed by atoms with Gasteiger partial charge in [-0.3, -0.25) is 0 Å². The van der Waals surface area contributed by atoms with Gasteiger partial charge in [0.05, 0.1) is 23.8 Å². The molecule has 3 aromatic rings. The lowest BCUT2D eigenvalue weighted by Gasteiger charge is -2.13. The van der Waals surface area contributed by atoms with Crippen LogP contribution in [0.15, 0.2) is 42.5 Å². The van der Waals surface area contributed by atoms with E-state index in [4.69, 9.17) is 22.7 Å². The molecule has 0 amide bonds. The molecule has 0 bridgehead atoms. The van der Waals surface area contributed by atoms with E-state index in [-0.39, 0.29) is 5.11 Å². The van der Waals surface area contributed by atoms with Gasteiger partial charge in [-0.15, -0.1) is 0 Å². The molecule has 3 N–H and O–H groups in total. The average molecular weight is 283 g/mol. The van der Waals surface area contributed by atoms with Crippen molar-refractivity contribution in [1.29, 1.82) is 0 Å². The number of hydrogen-bond acceptors (Lipinski definition) is 3. The fourth-order valence-corrected chi connectivity index (χ4v) is 2.35. The molecule has 1 heterocycles. The first kappa shape index (κ1) is 12.6. The van der Waals surface area contributed by atoms with Gasteiger partial charge in [0.2, 0.25) is 0 Å². The molecule has 2 aromatic carbocycles. The zero-order chi connectivity index (χ0) is 14.1. The Hall–Kier alpha value is -2.40. The normalized spacial score (nSPS) is 10.7. The summed E-state index contributed by atoms with van der Waals surface area (Å²) < 4.78 is 5.36. The van der Waals surface area contributed by atoms with Gasteiger partial charge in [-0.1, -0.05) is 18.2 Å². The number of nitrogens with two attached hydrogens (primary N) is 1. The minimum atomic E-state index is 0.198. The van der Waals surface area contributed by atoms with Crippen molar-refractivity contribution in [2.24, 2.45) is 5.73 Å². The summed E-state index contributed by atoms with van der Waals surface area (Å²) in [7, 11) is 1.61. The summed E-state index contributed by atoms with van der Waals surface area (Å²) in [6.45, 7) is 0. The summed E-state index contributed by atoms with van der Waals surface area (Å²) >= 11 is 4.93. The second-order valence-electron chi connectivity index (χ2n) is 4.38. The van der Waals surface area contributed by atoms with E-state index < -0.39 is 0 Å². The molecule has 0 unspecified atom stereocenters. The van der Waals surface area contributed by atoms with Crippen molar-refractivity contribution in [2.45, 2.75) is 0 Å². The van der Waals surface area contributed by atoms with Crippen LogP contribution in [-0.4, -0.2) is 17.2 Å². The summed E-state index contributed by atoms with van der Waals surface area (Å²) in [5, 5.41) is 5.16. The van der Waals surface area contributed by atoms with Gasteiger partial charge in [0.25, 0.3) is 0 Å². The van der Waals surface area contributed by atoms with Crippen molar-refractivity contribution < 1.29 is 4.74 Å². The molecule has 0 saturated heterocycles. The highest BCUT2D eigenvalue weighted by Crippen LogP contribution is 2.34. The highest BCUT2D eigenvalue weighted by atomic mass is 32.1. The van der Waals surface area contributed by atoms with Crippen molar-refractivity contribution in [3.05, 3.63) is 42.5 Å². The van der Waals surface area contributed by atoms with E-state index in [0.717, 1.165) is 27.5 Å². The van der Waals surface area contributed by atoms with Crippen LogP contribution in [0.5, 0.6) is 5.75 Å². The van der Waals surface area contributed by atoms with Gasteiger partial charge in [0.15, 0.2) is 5.11 Å². The van der Waals surface area contributed by atoms with Crippen molar-refractivity contribution in [1.82, 2.24) is 4.98 Å². The number of benzene rings is 2. The highest BCUT2D eigenvalue weighted by molar-refractivity contribution is 7.80. The first-order chi connectivity index (χ1) is 9.69. The summed E-state index contributed by atoms with van der Waals surface area (Å²) in [6.07, 6.45) is 0. The molecule has 0 radical (unpaired) electrons. The zero-order valence-electron chi connectivity index (χ0n) is 10.9. The molecule has 20 heavy (non-hydrogen) atoms. The van der Waals surface area contributed by atoms with Crippen LogP contribution in [0.1, 0.15) is 0 Å². The Labute approximate surface area is 121 Å². The molecule has 0 atom stereocenters. The van der Waals surface area contributed by atoms with Crippen LogP contribution in [0.2, 0.25) is 0 Å². The molecule has 1 aromatic heterocycles. The second-order valence-corrected chi connectivity index (χ2v) is 4.82. The number of rotatable bonds is 2. The van der Waals surface area contributed by atoms with E-state index in [0.29, 0.717) is 5.75 Å².